The molecular weight excluding hydrogens is 194 g/mol. The zero-order valence-electron chi connectivity index (χ0n) is 6.08. The Morgan fingerprint density at radius 2 is 2.33 bits per heavy atom. The van der Waals surface area contributed by atoms with Crippen LogP contribution in [0.4, 0.5) is 0 Å². The Morgan fingerprint density at radius 1 is 1.58 bits per heavy atom. The van der Waals surface area contributed by atoms with Gasteiger partial charge < -0.3 is 5.11 Å². The Balaban J connectivity index is 3.05. The number of rotatable bonds is 0. The quantitative estimate of drug-likeness (QED) is 0.379. The smallest absolute Gasteiger partial charge is 0.156 e. The van der Waals surface area contributed by atoms with E-state index >= 15 is 0 Å². The van der Waals surface area contributed by atoms with Crippen LogP contribution in [-0.2, 0) is 0 Å². The van der Waals surface area contributed by atoms with E-state index in [4.69, 9.17) is 11.6 Å². The van der Waals surface area contributed by atoms with E-state index in [0.29, 0.717) is 10.9 Å². The molecular formula is C8H6ClNOS. The number of pyridine rings is 1. The summed E-state index contributed by atoms with van der Waals surface area (Å²) in [6.07, 6.45) is 0. The second-order valence-corrected chi connectivity index (χ2v) is 2.67. The van der Waals surface area contributed by atoms with Crippen LogP contribution in [-0.4, -0.2) is 15.8 Å². The number of halogens is 1. The van der Waals surface area contributed by atoms with Crippen molar-refractivity contribution < 1.29 is 5.11 Å². The Morgan fingerprint density at radius 3 is 3.00 bits per heavy atom. The average molecular weight is 200 g/mol. The Bertz CT molecular complexity index is 343. The highest BCUT2D eigenvalue weighted by molar-refractivity contribution is 7.80. The van der Waals surface area contributed by atoms with Gasteiger partial charge in [-0.05, 0) is 18.1 Å². The molecule has 1 aromatic heterocycles. The average Bonchev–Trinajstić information content (AvgIpc) is 2.07. The lowest BCUT2D eigenvalue weighted by atomic mass is 10.3. The van der Waals surface area contributed by atoms with Gasteiger partial charge in [-0.1, -0.05) is 17.5 Å². The molecule has 0 unspecified atom stereocenters. The number of aromatic nitrogens is 1. The zero-order valence-corrected chi connectivity index (χ0v) is 7.73. The minimum Gasteiger partial charge on any atom is -0.505 e. The molecule has 0 saturated heterocycles. The standard InChI is InChI=1S/C8H6ClNOS/c9-8-4-3-7(11)6(10-8)2-1-5-12/h3-4,11-12H,5H2. The molecule has 12 heavy (non-hydrogen) atoms. The highest BCUT2D eigenvalue weighted by Crippen LogP contribution is 2.15. The summed E-state index contributed by atoms with van der Waals surface area (Å²) in [5.41, 5.74) is 0.288. The maximum atomic E-state index is 9.21. The molecule has 0 amide bonds. The van der Waals surface area contributed by atoms with E-state index in [2.05, 4.69) is 29.5 Å². The minimum absolute atomic E-state index is 0.0358. The van der Waals surface area contributed by atoms with Crippen LogP contribution in [0, 0.1) is 11.8 Å². The van der Waals surface area contributed by atoms with Crippen molar-refractivity contribution in [2.75, 3.05) is 5.75 Å². The second-order valence-electron chi connectivity index (χ2n) is 1.96. The maximum Gasteiger partial charge on any atom is 0.156 e. The largest absolute Gasteiger partial charge is 0.505 e. The molecule has 0 aliphatic heterocycles. The van der Waals surface area contributed by atoms with Crippen LogP contribution in [0.1, 0.15) is 5.69 Å². The predicted octanol–water partition coefficient (Wildman–Crippen LogP) is 1.72. The lowest BCUT2D eigenvalue weighted by Gasteiger charge is -1.94. The van der Waals surface area contributed by atoms with Crippen molar-refractivity contribution in [2.24, 2.45) is 0 Å². The highest BCUT2D eigenvalue weighted by Gasteiger charge is 1.98. The topological polar surface area (TPSA) is 33.1 Å². The molecule has 4 heteroatoms. The zero-order chi connectivity index (χ0) is 8.97. The van der Waals surface area contributed by atoms with Crippen molar-refractivity contribution in [2.45, 2.75) is 0 Å². The van der Waals surface area contributed by atoms with Gasteiger partial charge in [0.15, 0.2) is 5.69 Å². The van der Waals surface area contributed by atoms with Crippen LogP contribution in [0.2, 0.25) is 5.15 Å². The first-order valence-corrected chi connectivity index (χ1v) is 4.20. The van der Waals surface area contributed by atoms with Crippen molar-refractivity contribution in [3.8, 4) is 17.6 Å². The van der Waals surface area contributed by atoms with E-state index in [-0.39, 0.29) is 11.4 Å². The summed E-state index contributed by atoms with van der Waals surface area (Å²) in [5, 5.41) is 9.53. The van der Waals surface area contributed by atoms with Gasteiger partial charge in [0.2, 0.25) is 0 Å². The molecule has 0 aromatic carbocycles. The van der Waals surface area contributed by atoms with Gasteiger partial charge in [0.25, 0.3) is 0 Å². The van der Waals surface area contributed by atoms with Crippen molar-refractivity contribution in [1.82, 2.24) is 4.98 Å². The Kier molecular flexibility index (Phi) is 3.27. The molecule has 0 spiro atoms. The Hall–Kier alpha value is -0.850. The third kappa shape index (κ3) is 2.33. The number of hydrogen-bond acceptors (Lipinski definition) is 3. The molecule has 0 saturated carbocycles. The summed E-state index contributed by atoms with van der Waals surface area (Å²) in [7, 11) is 0. The van der Waals surface area contributed by atoms with E-state index < -0.39 is 0 Å². The highest BCUT2D eigenvalue weighted by atomic mass is 35.5. The molecule has 0 atom stereocenters. The predicted molar refractivity (Wildman–Crippen MR) is 51.6 cm³/mol. The Labute approximate surface area is 81.0 Å². The van der Waals surface area contributed by atoms with Gasteiger partial charge in [-0.25, -0.2) is 4.98 Å². The summed E-state index contributed by atoms with van der Waals surface area (Å²) in [6.45, 7) is 0. The van der Waals surface area contributed by atoms with Gasteiger partial charge in [-0.2, -0.15) is 12.6 Å². The summed E-state index contributed by atoms with van der Waals surface area (Å²) in [5.74, 6) is 5.76. The van der Waals surface area contributed by atoms with Crippen LogP contribution in [0.15, 0.2) is 12.1 Å². The first-order chi connectivity index (χ1) is 5.74. The number of thiol groups is 1. The molecule has 2 nitrogen and oxygen atoms in total. The van der Waals surface area contributed by atoms with E-state index in [9.17, 15) is 5.11 Å². The van der Waals surface area contributed by atoms with Crippen LogP contribution >= 0.6 is 24.2 Å². The van der Waals surface area contributed by atoms with Crippen LogP contribution in [0.5, 0.6) is 5.75 Å². The molecule has 0 aliphatic carbocycles. The van der Waals surface area contributed by atoms with Gasteiger partial charge in [-0.3, -0.25) is 0 Å². The fourth-order valence-corrected chi connectivity index (χ4v) is 0.870. The van der Waals surface area contributed by atoms with Gasteiger partial charge in [0.05, 0.1) is 5.75 Å². The molecule has 62 valence electrons. The summed E-state index contributed by atoms with van der Waals surface area (Å²) < 4.78 is 0. The van der Waals surface area contributed by atoms with Gasteiger partial charge in [-0.15, -0.1) is 0 Å². The lowest BCUT2D eigenvalue weighted by molar-refractivity contribution is 0.471. The summed E-state index contributed by atoms with van der Waals surface area (Å²) in [4.78, 5) is 3.82. The van der Waals surface area contributed by atoms with Crippen molar-refractivity contribution in [1.29, 1.82) is 0 Å². The maximum absolute atomic E-state index is 9.21. The van der Waals surface area contributed by atoms with E-state index in [1.807, 2.05) is 0 Å². The summed E-state index contributed by atoms with van der Waals surface area (Å²) in [6, 6.07) is 2.96. The molecule has 1 N–H and O–H groups in total. The molecule has 0 bridgehead atoms. The van der Waals surface area contributed by atoms with E-state index in [1.54, 1.807) is 0 Å². The van der Waals surface area contributed by atoms with Crippen molar-refractivity contribution in [3.05, 3.63) is 23.0 Å². The van der Waals surface area contributed by atoms with E-state index in [1.165, 1.54) is 12.1 Å². The van der Waals surface area contributed by atoms with E-state index in [0.717, 1.165) is 0 Å². The minimum atomic E-state index is 0.0358. The van der Waals surface area contributed by atoms with Crippen molar-refractivity contribution in [3.63, 3.8) is 0 Å². The number of nitrogens with zero attached hydrogens (tertiary/aromatic N) is 1. The normalized spacial score (nSPS) is 8.83. The molecule has 0 fully saturated rings. The molecule has 1 aromatic rings. The summed E-state index contributed by atoms with van der Waals surface area (Å²) >= 11 is 9.48. The number of hydrogen-bond donors (Lipinski definition) is 2. The second kappa shape index (κ2) is 4.24. The fourth-order valence-electron chi connectivity index (χ4n) is 0.643. The fraction of sp³-hybridized carbons (Fsp3) is 0.125. The first-order valence-electron chi connectivity index (χ1n) is 3.19. The molecule has 1 rings (SSSR count). The number of aromatic hydroxyl groups is 1. The van der Waals surface area contributed by atoms with Crippen LogP contribution in [0.3, 0.4) is 0 Å². The van der Waals surface area contributed by atoms with Crippen LogP contribution < -0.4 is 0 Å². The molecule has 1 heterocycles. The third-order valence-electron chi connectivity index (χ3n) is 1.13. The lowest BCUT2D eigenvalue weighted by Crippen LogP contribution is -1.83. The SMILES string of the molecule is Oc1ccc(Cl)nc1C#CCS. The third-order valence-corrected chi connectivity index (χ3v) is 1.49. The van der Waals surface area contributed by atoms with Gasteiger partial charge in [0.1, 0.15) is 10.9 Å². The van der Waals surface area contributed by atoms with Crippen molar-refractivity contribution >= 4 is 24.2 Å². The molecule has 0 aliphatic rings. The van der Waals surface area contributed by atoms with Gasteiger partial charge >= 0.3 is 0 Å². The first kappa shape index (κ1) is 9.24. The van der Waals surface area contributed by atoms with Crippen LogP contribution in [0.25, 0.3) is 0 Å². The monoisotopic (exact) mass is 199 g/mol. The molecule has 0 radical (unpaired) electrons. The van der Waals surface area contributed by atoms with Gasteiger partial charge in [0, 0.05) is 0 Å².